The monoisotopic (exact) mass is 329 g/mol. The number of aliphatic carboxylic acids is 1. The summed E-state index contributed by atoms with van der Waals surface area (Å²) in [5.74, 6) is -5.49. The van der Waals surface area contributed by atoms with Crippen LogP contribution in [0.3, 0.4) is 0 Å². The average molecular weight is 329 g/mol. The molecule has 23 heavy (non-hydrogen) atoms. The number of aryl methyl sites for hydroxylation is 1. The van der Waals surface area contributed by atoms with Gasteiger partial charge in [0.25, 0.3) is 0 Å². The van der Waals surface area contributed by atoms with E-state index in [1.54, 1.807) is 0 Å². The number of halogens is 3. The van der Waals surface area contributed by atoms with Crippen LogP contribution in [0.4, 0.5) is 13.2 Å². The highest BCUT2D eigenvalue weighted by Gasteiger charge is 2.53. The maximum absolute atomic E-state index is 12.9. The summed E-state index contributed by atoms with van der Waals surface area (Å²) in [6.45, 7) is -0.936. The lowest BCUT2D eigenvalue weighted by Crippen LogP contribution is -2.34. The first-order chi connectivity index (χ1) is 10.8. The Labute approximate surface area is 131 Å². The van der Waals surface area contributed by atoms with Crippen molar-refractivity contribution in [3.8, 4) is 0 Å². The molecule has 1 heterocycles. The Morgan fingerprint density at radius 2 is 1.83 bits per heavy atom. The van der Waals surface area contributed by atoms with Crippen LogP contribution in [0.15, 0.2) is 30.3 Å². The van der Waals surface area contributed by atoms with Crippen molar-refractivity contribution in [1.82, 2.24) is 4.90 Å². The zero-order valence-corrected chi connectivity index (χ0v) is 12.4. The third-order valence-corrected chi connectivity index (χ3v) is 4.11. The molecule has 0 saturated carbocycles. The van der Waals surface area contributed by atoms with Gasteiger partial charge in [-0.05, 0) is 18.4 Å². The summed E-state index contributed by atoms with van der Waals surface area (Å²) < 4.78 is 38.6. The fourth-order valence-corrected chi connectivity index (χ4v) is 2.84. The Kier molecular flexibility index (Phi) is 5.28. The maximum atomic E-state index is 12.9. The van der Waals surface area contributed by atoms with Crippen LogP contribution >= 0.6 is 0 Å². The number of rotatable bonds is 5. The third kappa shape index (κ3) is 4.46. The Balaban J connectivity index is 1.89. The fraction of sp³-hybridized carbons (Fsp3) is 0.500. The van der Waals surface area contributed by atoms with Crippen molar-refractivity contribution in [2.75, 3.05) is 13.1 Å². The predicted octanol–water partition coefficient (Wildman–Crippen LogP) is 2.73. The molecule has 0 spiro atoms. The van der Waals surface area contributed by atoms with Crippen molar-refractivity contribution in [3.05, 3.63) is 35.9 Å². The Hall–Kier alpha value is -2.05. The van der Waals surface area contributed by atoms with E-state index in [0.717, 1.165) is 10.5 Å². The molecule has 1 N–H and O–H groups in total. The molecule has 2 rings (SSSR count). The van der Waals surface area contributed by atoms with E-state index in [2.05, 4.69) is 0 Å². The molecular formula is C16H18F3NO3. The van der Waals surface area contributed by atoms with Gasteiger partial charge in [-0.3, -0.25) is 9.59 Å². The van der Waals surface area contributed by atoms with E-state index >= 15 is 0 Å². The van der Waals surface area contributed by atoms with Crippen LogP contribution < -0.4 is 0 Å². The van der Waals surface area contributed by atoms with Crippen molar-refractivity contribution in [1.29, 1.82) is 0 Å². The minimum absolute atomic E-state index is 0.117. The maximum Gasteiger partial charge on any atom is 0.394 e. The number of amides is 1. The largest absolute Gasteiger partial charge is 0.481 e. The molecule has 0 radical (unpaired) electrons. The number of carbonyl (C=O) groups excluding carboxylic acids is 1. The van der Waals surface area contributed by atoms with E-state index in [-0.39, 0.29) is 13.0 Å². The second kappa shape index (κ2) is 7.02. The summed E-state index contributed by atoms with van der Waals surface area (Å²) >= 11 is 0. The van der Waals surface area contributed by atoms with Crippen molar-refractivity contribution < 1.29 is 27.9 Å². The number of nitrogens with zero attached hydrogens (tertiary/aromatic N) is 1. The second-order valence-electron chi connectivity index (χ2n) is 5.73. The van der Waals surface area contributed by atoms with Crippen LogP contribution in [0, 0.1) is 11.8 Å². The molecule has 0 bridgehead atoms. The lowest BCUT2D eigenvalue weighted by atomic mass is 9.96. The highest BCUT2D eigenvalue weighted by atomic mass is 19.4. The molecular weight excluding hydrogens is 311 g/mol. The molecule has 1 fully saturated rings. The standard InChI is InChI=1S/C16H18F3NO3/c17-16(18,19)13-10-20(9-12(13)15(22)23)14(21)8-4-7-11-5-2-1-3-6-11/h1-3,5-6,12-13H,4,7-10H2,(H,22,23)/t12-,13-/m1/s1. The number of carboxylic acids is 1. The van der Waals surface area contributed by atoms with E-state index < -0.39 is 36.4 Å². The third-order valence-electron chi connectivity index (χ3n) is 4.11. The van der Waals surface area contributed by atoms with Gasteiger partial charge in [-0.15, -0.1) is 0 Å². The number of benzene rings is 1. The van der Waals surface area contributed by atoms with Crippen LogP contribution in [-0.4, -0.2) is 41.1 Å². The summed E-state index contributed by atoms with van der Waals surface area (Å²) in [6, 6.07) is 9.47. The van der Waals surface area contributed by atoms with E-state index in [9.17, 15) is 22.8 Å². The minimum atomic E-state index is -4.61. The van der Waals surface area contributed by atoms with Crippen molar-refractivity contribution in [3.63, 3.8) is 0 Å². The SMILES string of the molecule is O=C(O)[C@@H]1CN(C(=O)CCCc2ccccc2)C[C@H]1C(F)(F)F. The van der Waals surface area contributed by atoms with Crippen LogP contribution in [0.25, 0.3) is 0 Å². The predicted molar refractivity (Wildman–Crippen MR) is 76.6 cm³/mol. The summed E-state index contributed by atoms with van der Waals surface area (Å²) in [5.41, 5.74) is 1.05. The van der Waals surface area contributed by atoms with Gasteiger partial charge in [0.1, 0.15) is 0 Å². The molecule has 4 nitrogen and oxygen atoms in total. The number of carboxylic acid groups (broad SMARTS) is 1. The first-order valence-electron chi connectivity index (χ1n) is 7.40. The van der Waals surface area contributed by atoms with Gasteiger partial charge in [-0.2, -0.15) is 13.2 Å². The first kappa shape index (κ1) is 17.3. The van der Waals surface area contributed by atoms with Gasteiger partial charge in [0.15, 0.2) is 0 Å². The smallest absolute Gasteiger partial charge is 0.394 e. The van der Waals surface area contributed by atoms with Crippen LogP contribution in [0.5, 0.6) is 0 Å². The fourth-order valence-electron chi connectivity index (χ4n) is 2.84. The lowest BCUT2D eigenvalue weighted by molar-refractivity contribution is -0.188. The Morgan fingerprint density at radius 1 is 1.17 bits per heavy atom. The van der Waals surface area contributed by atoms with E-state index in [1.165, 1.54) is 0 Å². The van der Waals surface area contributed by atoms with Crippen LogP contribution in [0.2, 0.25) is 0 Å². The van der Waals surface area contributed by atoms with Gasteiger partial charge < -0.3 is 10.0 Å². The Morgan fingerprint density at radius 3 is 2.35 bits per heavy atom. The molecule has 7 heteroatoms. The Bertz CT molecular complexity index is 559. The van der Waals surface area contributed by atoms with Gasteiger partial charge in [0.05, 0.1) is 11.8 Å². The van der Waals surface area contributed by atoms with Gasteiger partial charge in [-0.1, -0.05) is 30.3 Å². The quantitative estimate of drug-likeness (QED) is 0.904. The van der Waals surface area contributed by atoms with Gasteiger partial charge in [-0.25, -0.2) is 0 Å². The highest BCUT2D eigenvalue weighted by molar-refractivity contribution is 5.79. The van der Waals surface area contributed by atoms with E-state index in [4.69, 9.17) is 5.11 Å². The van der Waals surface area contributed by atoms with Crippen LogP contribution in [-0.2, 0) is 16.0 Å². The molecule has 0 aliphatic carbocycles. The van der Waals surface area contributed by atoms with Crippen molar-refractivity contribution in [2.24, 2.45) is 11.8 Å². The van der Waals surface area contributed by atoms with Gasteiger partial charge in [0.2, 0.25) is 5.91 Å². The number of hydrogen-bond acceptors (Lipinski definition) is 2. The summed E-state index contributed by atoms with van der Waals surface area (Å²) in [7, 11) is 0. The summed E-state index contributed by atoms with van der Waals surface area (Å²) in [4.78, 5) is 24.1. The number of hydrogen-bond donors (Lipinski definition) is 1. The molecule has 1 saturated heterocycles. The van der Waals surface area contributed by atoms with Crippen molar-refractivity contribution in [2.45, 2.75) is 25.4 Å². The molecule has 1 aromatic rings. The minimum Gasteiger partial charge on any atom is -0.481 e. The van der Waals surface area contributed by atoms with Crippen molar-refractivity contribution >= 4 is 11.9 Å². The first-order valence-corrected chi connectivity index (χ1v) is 7.40. The topological polar surface area (TPSA) is 57.6 Å². The number of likely N-dealkylation sites (tertiary alicyclic amines) is 1. The molecule has 1 amide bonds. The zero-order chi connectivity index (χ0) is 17.0. The molecule has 126 valence electrons. The molecule has 1 aromatic carbocycles. The van der Waals surface area contributed by atoms with Crippen LogP contribution in [0.1, 0.15) is 18.4 Å². The summed E-state index contributed by atoms with van der Waals surface area (Å²) in [5, 5.41) is 8.93. The van der Waals surface area contributed by atoms with Gasteiger partial charge in [0, 0.05) is 19.5 Å². The molecule has 0 unspecified atom stereocenters. The van der Waals surface area contributed by atoms with Gasteiger partial charge >= 0.3 is 12.1 Å². The summed E-state index contributed by atoms with van der Waals surface area (Å²) in [6.07, 6.45) is -3.31. The second-order valence-corrected chi connectivity index (χ2v) is 5.73. The lowest BCUT2D eigenvalue weighted by Gasteiger charge is -2.18. The number of alkyl halides is 3. The zero-order valence-electron chi connectivity index (χ0n) is 12.4. The highest BCUT2D eigenvalue weighted by Crippen LogP contribution is 2.37. The molecule has 0 aromatic heterocycles. The number of carbonyl (C=O) groups is 2. The van der Waals surface area contributed by atoms with E-state index in [1.807, 2.05) is 30.3 Å². The van der Waals surface area contributed by atoms with E-state index in [0.29, 0.717) is 12.8 Å². The molecule has 1 aliphatic heterocycles. The molecule has 1 aliphatic rings. The average Bonchev–Trinajstić information content (AvgIpc) is 2.94. The molecule has 2 atom stereocenters. The normalized spacial score (nSPS) is 21.4.